The minimum absolute atomic E-state index is 0. The fourth-order valence-corrected chi connectivity index (χ4v) is 8.13. The first kappa shape index (κ1) is 47.6. The molecule has 1 radical (unpaired) electrons. The number of aromatic nitrogens is 3. The molecule has 23 nitrogen and oxygen atoms in total. The number of nitrogens with zero attached hydrogens (tertiary/aromatic N) is 7. The number of aryl methyl sites for hydroxylation is 1. The van der Waals surface area contributed by atoms with Gasteiger partial charge in [-0.05, 0) is 108 Å². The van der Waals surface area contributed by atoms with E-state index in [0.717, 1.165) is 24.3 Å². The summed E-state index contributed by atoms with van der Waals surface area (Å²) in [5.74, 6) is -1.70. The normalized spacial score (nSPS) is 12.5. The number of phenolic OH excluding ortho intramolecular Hbond substituents is 2. The Bertz CT molecular complexity index is 3330. The number of phenols is 2. The van der Waals surface area contributed by atoms with Crippen molar-refractivity contribution in [3.8, 4) is 11.5 Å². The number of aromatic hydroxyl groups is 2. The van der Waals surface area contributed by atoms with Crippen molar-refractivity contribution in [3.05, 3.63) is 88.9 Å². The van der Waals surface area contributed by atoms with Gasteiger partial charge in [0.1, 0.15) is 37.5 Å². The molecule has 0 aliphatic rings. The zero-order valence-electron chi connectivity index (χ0n) is 30.2. The van der Waals surface area contributed by atoms with Crippen LogP contribution in [0.3, 0.4) is 0 Å². The first-order valence-corrected chi connectivity index (χ1v) is 22.6. The summed E-state index contributed by atoms with van der Waals surface area (Å²) in [7, 11) is -19.8. The monoisotopic (exact) mass is 1020 g/mol. The molecule has 0 saturated heterocycles. The second kappa shape index (κ2) is 17.7. The van der Waals surface area contributed by atoms with Crippen molar-refractivity contribution in [2.45, 2.75) is 26.5 Å². The van der Waals surface area contributed by atoms with Gasteiger partial charge in [0.15, 0.2) is 5.75 Å². The molecule has 0 amide bonds. The maximum absolute atomic E-state index is 12.5. The Morgan fingerprint density at radius 1 is 0.565 bits per heavy atom. The number of fused-ring (bicyclic) bond motifs is 1. The molecule has 62 heavy (non-hydrogen) atoms. The molecule has 5 aromatic carbocycles. The predicted octanol–water partition coefficient (Wildman–Crippen LogP) is 7.35. The van der Waals surface area contributed by atoms with Crippen molar-refractivity contribution >= 4 is 120 Å². The fraction of sp³-hybridized carbons (Fsp3) is 0.0312. The zero-order valence-corrected chi connectivity index (χ0v) is 35.9. The molecular weight excluding hydrogens is 997 g/mol. The predicted molar refractivity (Wildman–Crippen MR) is 215 cm³/mol. The molecule has 30 heteroatoms. The zero-order chi connectivity index (χ0) is 44.8. The van der Waals surface area contributed by atoms with E-state index >= 15 is 0 Å². The van der Waals surface area contributed by atoms with Crippen LogP contribution in [0.1, 0.15) is 5.56 Å². The Hall–Kier alpha value is -5.49. The van der Waals surface area contributed by atoms with E-state index < -0.39 is 82.9 Å². The molecule has 0 saturated carbocycles. The van der Waals surface area contributed by atoms with Gasteiger partial charge in [0.25, 0.3) is 40.5 Å². The first-order chi connectivity index (χ1) is 28.3. The Balaban J connectivity index is 0.00000726. The third-order valence-corrected chi connectivity index (χ3v) is 11.9. The Morgan fingerprint density at radius 2 is 1.15 bits per heavy atom. The summed E-state index contributed by atoms with van der Waals surface area (Å²) in [5.41, 5.74) is -1.67. The molecule has 6 aromatic rings. The van der Waals surface area contributed by atoms with Crippen LogP contribution in [0, 0.1) is 6.92 Å². The number of halogens is 2. The molecule has 0 unspecified atom stereocenters. The standard InChI is InChI=1S/C32H23Cl2N9O14S4.Cu/c1-14-8-22(24(44)13-21(14)40-42-23-12-18(58(46,47)48)4-7-25(23)59(49,50)51)41-43-28-27(61(55,56)57)10-15-9-16(2-5-19(15)29(28)45)35-17-3-6-20(26(11-17)60(52,53)54)36-32-38-30(33)37-31(34)39-32;/h2-13,35,44-45H,1H3,(H,46,47,48)(H,49,50,51)(H,52,53,54)(H,55,56,57)(H,36,37,38,39);. The van der Waals surface area contributed by atoms with E-state index in [1.54, 1.807) is 0 Å². The van der Waals surface area contributed by atoms with Crippen LogP contribution in [-0.2, 0) is 57.5 Å². The van der Waals surface area contributed by atoms with Crippen LogP contribution in [0.4, 0.5) is 45.8 Å². The molecule has 8 N–H and O–H groups in total. The van der Waals surface area contributed by atoms with Crippen molar-refractivity contribution in [1.82, 2.24) is 15.0 Å². The molecule has 0 fully saturated rings. The molecule has 0 bridgehead atoms. The van der Waals surface area contributed by atoms with Gasteiger partial charge in [-0.1, -0.05) is 0 Å². The van der Waals surface area contributed by atoms with Gasteiger partial charge in [-0.2, -0.15) is 53.7 Å². The quantitative estimate of drug-likeness (QED) is 0.0337. The summed E-state index contributed by atoms with van der Waals surface area (Å²) in [4.78, 5) is 7.95. The smallest absolute Gasteiger partial charge is 0.296 e. The molecule has 1 heterocycles. The maximum atomic E-state index is 12.5. The number of rotatable bonds is 12. The Kier molecular flexibility index (Phi) is 13.6. The van der Waals surface area contributed by atoms with Gasteiger partial charge in [0.05, 0.1) is 16.3 Å². The van der Waals surface area contributed by atoms with Crippen LogP contribution < -0.4 is 10.6 Å². The average Bonchev–Trinajstić information content (AvgIpc) is 3.13. The minimum atomic E-state index is -5.14. The van der Waals surface area contributed by atoms with E-state index in [4.69, 9.17) is 23.2 Å². The van der Waals surface area contributed by atoms with Gasteiger partial charge in [0.2, 0.25) is 16.5 Å². The summed E-state index contributed by atoms with van der Waals surface area (Å²) in [6.07, 6.45) is 0. The molecule has 329 valence electrons. The van der Waals surface area contributed by atoms with Crippen molar-refractivity contribution in [1.29, 1.82) is 0 Å². The van der Waals surface area contributed by atoms with Crippen LogP contribution >= 0.6 is 23.2 Å². The van der Waals surface area contributed by atoms with Gasteiger partial charge < -0.3 is 20.8 Å². The number of hydrogen-bond donors (Lipinski definition) is 8. The summed E-state index contributed by atoms with van der Waals surface area (Å²) < 4.78 is 135. The Labute approximate surface area is 370 Å². The van der Waals surface area contributed by atoms with Crippen molar-refractivity contribution in [3.63, 3.8) is 0 Å². The van der Waals surface area contributed by atoms with E-state index in [1.807, 2.05) is 0 Å². The van der Waals surface area contributed by atoms with Crippen LogP contribution in [0.5, 0.6) is 11.5 Å². The van der Waals surface area contributed by atoms with E-state index in [9.17, 15) is 62.1 Å². The minimum Gasteiger partial charge on any atom is -0.506 e. The molecule has 1 aromatic heterocycles. The third-order valence-electron chi connectivity index (χ3n) is 8.03. The number of anilines is 4. The van der Waals surface area contributed by atoms with E-state index in [2.05, 4.69) is 46.0 Å². The molecule has 0 spiro atoms. The SMILES string of the molecule is Cc1cc(N=Nc2c(S(=O)(=O)O)cc3cc(Nc4ccc(Nc5nc(Cl)nc(Cl)n5)c(S(=O)(=O)O)c4)ccc3c2O)c(O)cc1N=Nc1cc(S(=O)(=O)O)ccc1S(=O)(=O)O.[Cu]. The van der Waals surface area contributed by atoms with E-state index in [-0.39, 0.29) is 78.4 Å². The summed E-state index contributed by atoms with van der Waals surface area (Å²) in [6.45, 7) is 1.41. The van der Waals surface area contributed by atoms with Crippen LogP contribution in [0.25, 0.3) is 10.8 Å². The fourth-order valence-electron chi connectivity index (χ4n) is 5.33. The number of azo groups is 2. The maximum Gasteiger partial charge on any atom is 0.296 e. The molecular formula is C32H23Cl2CuN9O14S4. The van der Waals surface area contributed by atoms with Gasteiger partial charge in [-0.25, -0.2) is 0 Å². The largest absolute Gasteiger partial charge is 0.506 e. The van der Waals surface area contributed by atoms with Crippen molar-refractivity contribution in [2.75, 3.05) is 10.6 Å². The number of hydrogen-bond acceptors (Lipinski definition) is 19. The summed E-state index contributed by atoms with van der Waals surface area (Å²) >= 11 is 11.6. The van der Waals surface area contributed by atoms with Gasteiger partial charge in [-0.15, -0.1) is 15.3 Å². The molecule has 0 aliphatic carbocycles. The van der Waals surface area contributed by atoms with Crippen LogP contribution in [0.2, 0.25) is 10.6 Å². The Morgan fingerprint density at radius 3 is 1.76 bits per heavy atom. The molecule has 6 rings (SSSR count). The van der Waals surface area contributed by atoms with E-state index in [0.29, 0.717) is 18.2 Å². The molecule has 0 atom stereocenters. The third kappa shape index (κ3) is 10.9. The second-order valence-corrected chi connectivity index (χ2v) is 18.5. The topological polar surface area (TPSA) is 370 Å². The van der Waals surface area contributed by atoms with Gasteiger partial charge in [-0.3, -0.25) is 18.2 Å². The van der Waals surface area contributed by atoms with Gasteiger partial charge >= 0.3 is 0 Å². The van der Waals surface area contributed by atoms with Gasteiger partial charge in [0, 0.05) is 39.9 Å². The summed E-state index contributed by atoms with van der Waals surface area (Å²) in [5, 5.41) is 41.7. The number of benzene rings is 5. The van der Waals surface area contributed by atoms with E-state index in [1.165, 1.54) is 37.3 Å². The van der Waals surface area contributed by atoms with Crippen LogP contribution in [-0.4, -0.2) is 77.0 Å². The average molecular weight is 1020 g/mol. The second-order valence-electron chi connectivity index (χ2n) is 12.2. The first-order valence-electron chi connectivity index (χ1n) is 16.0. The van der Waals surface area contributed by atoms with Crippen molar-refractivity contribution < 1.29 is 79.2 Å². The summed E-state index contributed by atoms with van der Waals surface area (Å²) in [6, 6.07) is 12.7. The number of nitrogens with one attached hydrogen (secondary N) is 2. The van der Waals surface area contributed by atoms with Crippen LogP contribution in [0.15, 0.2) is 113 Å². The van der Waals surface area contributed by atoms with Crippen molar-refractivity contribution in [2.24, 2.45) is 20.5 Å². The molecule has 0 aliphatic heterocycles.